The molecule has 0 aromatic heterocycles. The van der Waals surface area contributed by atoms with Crippen molar-refractivity contribution in [1.82, 2.24) is 4.90 Å². The molecule has 1 aliphatic rings. The van der Waals surface area contributed by atoms with Gasteiger partial charge in [-0.3, -0.25) is 4.79 Å². The first-order chi connectivity index (χ1) is 10.1. The highest BCUT2D eigenvalue weighted by molar-refractivity contribution is 5.80. The average Bonchev–Trinajstić information content (AvgIpc) is 2.47. The molecule has 1 atom stereocenters. The van der Waals surface area contributed by atoms with Crippen LogP contribution in [0, 0.1) is 5.82 Å². The quantitative estimate of drug-likeness (QED) is 0.914. The summed E-state index contributed by atoms with van der Waals surface area (Å²) in [5.41, 5.74) is 0.674. The number of carboxylic acids is 1. The van der Waals surface area contributed by atoms with Gasteiger partial charge in [0.25, 0.3) is 0 Å². The Labute approximate surface area is 121 Å². The molecule has 1 fully saturated rings. The van der Waals surface area contributed by atoms with E-state index in [0.29, 0.717) is 12.1 Å². The molecular weight excluding hydrogens is 277 g/mol. The van der Waals surface area contributed by atoms with Gasteiger partial charge in [0, 0.05) is 13.0 Å². The van der Waals surface area contributed by atoms with E-state index in [4.69, 9.17) is 9.84 Å². The maximum absolute atomic E-state index is 13.0. The van der Waals surface area contributed by atoms with Crippen molar-refractivity contribution in [3.8, 4) is 0 Å². The number of morpholine rings is 1. The molecule has 6 heteroatoms. The van der Waals surface area contributed by atoms with Crippen LogP contribution in [0.15, 0.2) is 30.3 Å². The Hall–Kier alpha value is -2.21. The zero-order valence-electron chi connectivity index (χ0n) is 11.4. The molecule has 112 valence electrons. The normalized spacial score (nSPS) is 18.9. The van der Waals surface area contributed by atoms with Gasteiger partial charge in [-0.15, -0.1) is 0 Å². The highest BCUT2D eigenvalue weighted by atomic mass is 19.1. The summed E-state index contributed by atoms with van der Waals surface area (Å²) in [5.74, 6) is -1.57. The van der Waals surface area contributed by atoms with Crippen molar-refractivity contribution >= 4 is 18.0 Å². The van der Waals surface area contributed by atoms with Gasteiger partial charge in [0.05, 0.1) is 13.2 Å². The SMILES string of the molecule is O=C(O)C1CN(C(=O)CC=Cc2cccc(F)c2)CCO1. The number of rotatable bonds is 4. The number of ether oxygens (including phenoxy) is 1. The van der Waals surface area contributed by atoms with Gasteiger partial charge in [-0.1, -0.05) is 24.3 Å². The third-order valence-electron chi connectivity index (χ3n) is 3.15. The Balaban J connectivity index is 1.88. The summed E-state index contributed by atoms with van der Waals surface area (Å²) in [5, 5.41) is 8.88. The number of nitrogens with zero attached hydrogens (tertiary/aromatic N) is 1. The van der Waals surface area contributed by atoms with E-state index in [0.717, 1.165) is 0 Å². The standard InChI is InChI=1S/C15H16FNO4/c16-12-5-1-3-11(9-12)4-2-6-14(18)17-7-8-21-13(10-17)15(19)20/h1-5,9,13H,6-8,10H2,(H,19,20). The summed E-state index contributed by atoms with van der Waals surface area (Å²) in [6.07, 6.45) is 2.48. The fraction of sp³-hybridized carbons (Fsp3) is 0.333. The van der Waals surface area contributed by atoms with Gasteiger partial charge in [-0.2, -0.15) is 0 Å². The highest BCUT2D eigenvalue weighted by Crippen LogP contribution is 2.09. The van der Waals surface area contributed by atoms with Gasteiger partial charge < -0.3 is 14.7 Å². The molecule has 1 amide bonds. The van der Waals surface area contributed by atoms with E-state index in [1.807, 2.05) is 0 Å². The fourth-order valence-electron chi connectivity index (χ4n) is 2.06. The Bertz CT molecular complexity index is 558. The van der Waals surface area contributed by atoms with Crippen molar-refractivity contribution in [2.75, 3.05) is 19.7 Å². The van der Waals surface area contributed by atoms with Crippen molar-refractivity contribution in [3.05, 3.63) is 41.7 Å². The van der Waals surface area contributed by atoms with Crippen molar-refractivity contribution in [2.45, 2.75) is 12.5 Å². The molecule has 0 saturated carbocycles. The highest BCUT2D eigenvalue weighted by Gasteiger charge is 2.28. The lowest BCUT2D eigenvalue weighted by Crippen LogP contribution is -2.48. The fourth-order valence-corrected chi connectivity index (χ4v) is 2.06. The molecule has 1 saturated heterocycles. The summed E-state index contributed by atoms with van der Waals surface area (Å²) in [6.45, 7) is 0.661. The second kappa shape index (κ2) is 6.99. The lowest BCUT2D eigenvalue weighted by molar-refractivity contribution is -0.159. The third kappa shape index (κ3) is 4.39. The van der Waals surface area contributed by atoms with Gasteiger partial charge in [0.2, 0.25) is 5.91 Å². The number of carboxylic acid groups (broad SMARTS) is 1. The first-order valence-electron chi connectivity index (χ1n) is 6.60. The Kier molecular flexibility index (Phi) is 5.05. The number of carbonyl (C=O) groups is 2. The lowest BCUT2D eigenvalue weighted by Gasteiger charge is -2.30. The number of hydrogen-bond acceptors (Lipinski definition) is 3. The largest absolute Gasteiger partial charge is 0.479 e. The van der Waals surface area contributed by atoms with Crippen LogP contribution in [0.5, 0.6) is 0 Å². The minimum Gasteiger partial charge on any atom is -0.479 e. The Morgan fingerprint density at radius 1 is 1.48 bits per heavy atom. The van der Waals surface area contributed by atoms with E-state index >= 15 is 0 Å². The van der Waals surface area contributed by atoms with E-state index in [9.17, 15) is 14.0 Å². The van der Waals surface area contributed by atoms with Crippen LogP contribution in [-0.4, -0.2) is 47.7 Å². The molecule has 1 unspecified atom stereocenters. The number of carbonyl (C=O) groups excluding carboxylic acids is 1. The molecule has 0 aliphatic carbocycles. The summed E-state index contributed by atoms with van der Waals surface area (Å²) in [4.78, 5) is 24.3. The van der Waals surface area contributed by atoms with Crippen LogP contribution in [0.3, 0.4) is 0 Å². The molecule has 21 heavy (non-hydrogen) atoms. The smallest absolute Gasteiger partial charge is 0.334 e. The second-order valence-electron chi connectivity index (χ2n) is 4.70. The van der Waals surface area contributed by atoms with Crippen LogP contribution < -0.4 is 0 Å². The number of aliphatic carboxylic acids is 1. The average molecular weight is 293 g/mol. The predicted octanol–water partition coefficient (Wildman–Crippen LogP) is 1.54. The molecule has 0 bridgehead atoms. The summed E-state index contributed by atoms with van der Waals surface area (Å²) < 4.78 is 18.0. The molecule has 1 N–H and O–H groups in total. The summed E-state index contributed by atoms with van der Waals surface area (Å²) >= 11 is 0. The minimum absolute atomic E-state index is 0.0575. The van der Waals surface area contributed by atoms with Crippen LogP contribution in [0.1, 0.15) is 12.0 Å². The monoisotopic (exact) mass is 293 g/mol. The summed E-state index contributed by atoms with van der Waals surface area (Å²) in [7, 11) is 0. The van der Waals surface area contributed by atoms with Gasteiger partial charge in [0.1, 0.15) is 5.82 Å². The number of hydrogen-bond donors (Lipinski definition) is 1. The Morgan fingerprint density at radius 3 is 3.00 bits per heavy atom. The molecule has 2 rings (SSSR count). The second-order valence-corrected chi connectivity index (χ2v) is 4.70. The number of benzene rings is 1. The maximum Gasteiger partial charge on any atom is 0.334 e. The topological polar surface area (TPSA) is 66.8 Å². The zero-order valence-corrected chi connectivity index (χ0v) is 11.4. The molecule has 1 aromatic carbocycles. The van der Waals surface area contributed by atoms with Crippen molar-refractivity contribution in [1.29, 1.82) is 0 Å². The molecule has 0 radical (unpaired) electrons. The first kappa shape index (κ1) is 15.2. The van der Waals surface area contributed by atoms with Crippen LogP contribution in [-0.2, 0) is 14.3 Å². The van der Waals surface area contributed by atoms with Gasteiger partial charge in [0.15, 0.2) is 6.10 Å². The van der Waals surface area contributed by atoms with E-state index < -0.39 is 12.1 Å². The van der Waals surface area contributed by atoms with E-state index in [2.05, 4.69) is 0 Å². The van der Waals surface area contributed by atoms with Crippen molar-refractivity contribution < 1.29 is 23.8 Å². The Morgan fingerprint density at radius 2 is 2.29 bits per heavy atom. The molecular formula is C15H16FNO4. The van der Waals surface area contributed by atoms with Gasteiger partial charge >= 0.3 is 5.97 Å². The minimum atomic E-state index is -1.07. The van der Waals surface area contributed by atoms with Crippen molar-refractivity contribution in [3.63, 3.8) is 0 Å². The van der Waals surface area contributed by atoms with Crippen LogP contribution in [0.2, 0.25) is 0 Å². The number of halogens is 1. The molecule has 5 nitrogen and oxygen atoms in total. The zero-order chi connectivity index (χ0) is 15.2. The predicted molar refractivity (Wildman–Crippen MR) is 74.0 cm³/mol. The first-order valence-corrected chi connectivity index (χ1v) is 6.60. The van der Waals surface area contributed by atoms with Crippen LogP contribution in [0.25, 0.3) is 6.08 Å². The summed E-state index contributed by atoms with van der Waals surface area (Å²) in [6, 6.07) is 6.05. The van der Waals surface area contributed by atoms with Crippen LogP contribution >= 0.6 is 0 Å². The van der Waals surface area contributed by atoms with Crippen molar-refractivity contribution in [2.24, 2.45) is 0 Å². The molecule has 1 heterocycles. The number of amides is 1. The molecule has 1 aliphatic heterocycles. The lowest BCUT2D eigenvalue weighted by atomic mass is 10.2. The van der Waals surface area contributed by atoms with E-state index in [1.165, 1.54) is 17.0 Å². The third-order valence-corrected chi connectivity index (χ3v) is 3.15. The van der Waals surface area contributed by atoms with Crippen LogP contribution in [0.4, 0.5) is 4.39 Å². The van der Waals surface area contributed by atoms with Gasteiger partial charge in [-0.05, 0) is 17.7 Å². The van der Waals surface area contributed by atoms with E-state index in [1.54, 1.807) is 24.3 Å². The molecule has 0 spiro atoms. The van der Waals surface area contributed by atoms with E-state index in [-0.39, 0.29) is 31.3 Å². The van der Waals surface area contributed by atoms with Gasteiger partial charge in [-0.25, -0.2) is 9.18 Å². The molecule has 1 aromatic rings. The maximum atomic E-state index is 13.0.